The van der Waals surface area contributed by atoms with Crippen molar-refractivity contribution in [3.05, 3.63) is 42.1 Å². The zero-order valence-corrected chi connectivity index (χ0v) is 12.1. The lowest BCUT2D eigenvalue weighted by molar-refractivity contribution is 0.167. The third-order valence-electron chi connectivity index (χ3n) is 3.08. The molecule has 0 radical (unpaired) electrons. The molecule has 0 spiro atoms. The topological polar surface area (TPSA) is 83.1 Å². The summed E-state index contributed by atoms with van der Waals surface area (Å²) < 4.78 is 22.2. The van der Waals surface area contributed by atoms with Crippen LogP contribution in [0, 0.1) is 0 Å². The number of H-pyrrole nitrogens is 1. The molecule has 1 aromatic carbocycles. The molecule has 1 aromatic heterocycles. The molecule has 0 saturated carbocycles. The highest BCUT2D eigenvalue weighted by Gasteiger charge is 2.16. The number of sulfone groups is 1. The van der Waals surface area contributed by atoms with E-state index in [4.69, 9.17) is 0 Å². The van der Waals surface area contributed by atoms with E-state index in [9.17, 15) is 13.5 Å². The van der Waals surface area contributed by atoms with E-state index >= 15 is 0 Å². The lowest BCUT2D eigenvalue weighted by Crippen LogP contribution is -2.06. The van der Waals surface area contributed by atoms with Crippen LogP contribution in [0.1, 0.15) is 24.5 Å². The Bertz CT molecular complexity index is 650. The quantitative estimate of drug-likeness (QED) is 0.853. The van der Waals surface area contributed by atoms with Crippen molar-refractivity contribution in [2.24, 2.45) is 0 Å². The second kappa shape index (κ2) is 6.19. The predicted molar refractivity (Wildman–Crippen MR) is 77.9 cm³/mol. The average Bonchev–Trinajstić information content (AvgIpc) is 2.87. The van der Waals surface area contributed by atoms with Gasteiger partial charge in [0.25, 0.3) is 0 Å². The first-order chi connectivity index (χ1) is 9.47. The Balaban J connectivity index is 2.08. The molecule has 6 heteroatoms. The molecule has 0 aliphatic rings. The van der Waals surface area contributed by atoms with Crippen molar-refractivity contribution in [3.8, 4) is 11.3 Å². The van der Waals surface area contributed by atoms with E-state index in [1.54, 1.807) is 6.20 Å². The van der Waals surface area contributed by atoms with Gasteiger partial charge >= 0.3 is 0 Å². The molecule has 0 amide bonds. The van der Waals surface area contributed by atoms with Gasteiger partial charge in [-0.15, -0.1) is 0 Å². The number of aliphatic hydroxyl groups excluding tert-OH is 1. The maximum absolute atomic E-state index is 11.1. The number of hydrogen-bond acceptors (Lipinski definition) is 4. The third-order valence-corrected chi connectivity index (χ3v) is 4.11. The van der Waals surface area contributed by atoms with E-state index in [-0.39, 0.29) is 5.75 Å². The van der Waals surface area contributed by atoms with Crippen molar-refractivity contribution in [2.45, 2.75) is 18.9 Å². The first kappa shape index (κ1) is 14.7. The van der Waals surface area contributed by atoms with E-state index in [0.29, 0.717) is 18.4 Å². The Kier molecular flexibility index (Phi) is 4.57. The second-order valence-electron chi connectivity index (χ2n) is 4.85. The molecule has 2 aromatic rings. The van der Waals surface area contributed by atoms with Gasteiger partial charge in [0.15, 0.2) is 0 Å². The van der Waals surface area contributed by atoms with Crippen LogP contribution in [0.15, 0.2) is 36.5 Å². The molecule has 108 valence electrons. The number of aliphatic hydroxyl groups is 1. The predicted octanol–water partition coefficient (Wildman–Crippen LogP) is 1.93. The molecule has 1 heterocycles. The molecule has 0 bridgehead atoms. The normalized spacial score (nSPS) is 13.3. The zero-order valence-electron chi connectivity index (χ0n) is 11.3. The molecular formula is C14H18N2O3S. The third kappa shape index (κ3) is 3.91. The molecule has 20 heavy (non-hydrogen) atoms. The largest absolute Gasteiger partial charge is 0.388 e. The summed E-state index contributed by atoms with van der Waals surface area (Å²) in [4.78, 5) is 0. The smallest absolute Gasteiger partial charge is 0.147 e. The second-order valence-corrected chi connectivity index (χ2v) is 7.11. The maximum atomic E-state index is 11.1. The number of hydrogen-bond donors (Lipinski definition) is 2. The van der Waals surface area contributed by atoms with Crippen LogP contribution in [0.4, 0.5) is 0 Å². The molecule has 2 N–H and O–H groups in total. The average molecular weight is 294 g/mol. The van der Waals surface area contributed by atoms with Crippen molar-refractivity contribution < 1.29 is 13.5 Å². The van der Waals surface area contributed by atoms with Crippen molar-refractivity contribution in [3.63, 3.8) is 0 Å². The lowest BCUT2D eigenvalue weighted by Gasteiger charge is -2.10. The van der Waals surface area contributed by atoms with E-state index < -0.39 is 15.9 Å². The highest BCUT2D eigenvalue weighted by molar-refractivity contribution is 7.90. The molecule has 0 aliphatic carbocycles. The fraction of sp³-hybridized carbons (Fsp3) is 0.357. The summed E-state index contributed by atoms with van der Waals surface area (Å²) in [5.74, 6) is 0.0859. The summed E-state index contributed by atoms with van der Waals surface area (Å²) in [5.41, 5.74) is 2.42. The first-order valence-corrected chi connectivity index (χ1v) is 8.48. The number of nitrogens with one attached hydrogen (secondary N) is 1. The van der Waals surface area contributed by atoms with Gasteiger partial charge in [-0.3, -0.25) is 5.10 Å². The van der Waals surface area contributed by atoms with Crippen molar-refractivity contribution >= 4 is 9.84 Å². The van der Waals surface area contributed by atoms with Gasteiger partial charge in [-0.1, -0.05) is 30.3 Å². The molecule has 0 fully saturated rings. The summed E-state index contributed by atoms with van der Waals surface area (Å²) in [6.07, 6.45) is 2.90. The lowest BCUT2D eigenvalue weighted by atomic mass is 10.0. The molecule has 1 unspecified atom stereocenters. The summed E-state index contributed by atoms with van der Waals surface area (Å²) in [6, 6.07) is 9.61. The summed E-state index contributed by atoms with van der Waals surface area (Å²) in [7, 11) is -2.99. The minimum Gasteiger partial charge on any atom is -0.388 e. The molecular weight excluding hydrogens is 276 g/mol. The summed E-state index contributed by atoms with van der Waals surface area (Å²) >= 11 is 0. The molecule has 1 atom stereocenters. The van der Waals surface area contributed by atoms with E-state index in [1.807, 2.05) is 30.3 Å². The molecule has 0 saturated heterocycles. The van der Waals surface area contributed by atoms with Crippen LogP contribution in [-0.2, 0) is 9.84 Å². The van der Waals surface area contributed by atoms with Crippen LogP contribution in [0.5, 0.6) is 0 Å². The van der Waals surface area contributed by atoms with Crippen LogP contribution < -0.4 is 0 Å². The van der Waals surface area contributed by atoms with Gasteiger partial charge in [0.05, 0.1) is 18.0 Å². The summed E-state index contributed by atoms with van der Waals surface area (Å²) in [6.45, 7) is 0. The highest BCUT2D eigenvalue weighted by Crippen LogP contribution is 2.28. The minimum atomic E-state index is -2.99. The Morgan fingerprint density at radius 3 is 2.65 bits per heavy atom. The highest BCUT2D eigenvalue weighted by atomic mass is 32.2. The summed E-state index contributed by atoms with van der Waals surface area (Å²) in [5, 5.41) is 17.0. The Morgan fingerprint density at radius 1 is 1.30 bits per heavy atom. The number of nitrogens with zero attached hydrogens (tertiary/aromatic N) is 1. The number of aromatic nitrogens is 2. The Labute approximate surface area is 118 Å². The van der Waals surface area contributed by atoms with Crippen LogP contribution in [0.25, 0.3) is 11.3 Å². The molecule has 0 aliphatic heterocycles. The zero-order chi connectivity index (χ0) is 14.6. The SMILES string of the molecule is CS(=O)(=O)CCCC(O)c1cn[nH]c1-c1ccccc1. The number of rotatable bonds is 6. The van der Waals surface area contributed by atoms with Crippen molar-refractivity contribution in [1.29, 1.82) is 0 Å². The van der Waals surface area contributed by atoms with Crippen LogP contribution in [0.3, 0.4) is 0 Å². The van der Waals surface area contributed by atoms with E-state index in [1.165, 1.54) is 6.26 Å². The molecule has 5 nitrogen and oxygen atoms in total. The van der Waals surface area contributed by atoms with Crippen molar-refractivity contribution in [1.82, 2.24) is 10.2 Å². The van der Waals surface area contributed by atoms with Gasteiger partial charge in [-0.2, -0.15) is 5.10 Å². The van der Waals surface area contributed by atoms with Crippen molar-refractivity contribution in [2.75, 3.05) is 12.0 Å². The van der Waals surface area contributed by atoms with Gasteiger partial charge in [-0.25, -0.2) is 8.42 Å². The van der Waals surface area contributed by atoms with E-state index in [2.05, 4.69) is 10.2 Å². The van der Waals surface area contributed by atoms with Gasteiger partial charge in [-0.05, 0) is 18.4 Å². The Morgan fingerprint density at radius 2 is 2.00 bits per heavy atom. The van der Waals surface area contributed by atoms with Crippen LogP contribution in [0.2, 0.25) is 0 Å². The first-order valence-electron chi connectivity index (χ1n) is 6.42. The Hall–Kier alpha value is -1.66. The standard InChI is InChI=1S/C14H18N2O3S/c1-20(18,19)9-5-8-13(17)12-10-15-16-14(12)11-6-3-2-4-7-11/h2-4,6-7,10,13,17H,5,8-9H2,1H3,(H,15,16). The number of aromatic amines is 1. The fourth-order valence-corrected chi connectivity index (χ4v) is 2.77. The van der Waals surface area contributed by atoms with Gasteiger partial charge in [0.1, 0.15) is 9.84 Å². The number of benzene rings is 1. The van der Waals surface area contributed by atoms with Gasteiger partial charge in [0, 0.05) is 17.6 Å². The van der Waals surface area contributed by atoms with Crippen LogP contribution in [-0.4, -0.2) is 35.7 Å². The van der Waals surface area contributed by atoms with Gasteiger partial charge in [0.2, 0.25) is 0 Å². The van der Waals surface area contributed by atoms with Gasteiger partial charge < -0.3 is 5.11 Å². The monoisotopic (exact) mass is 294 g/mol. The maximum Gasteiger partial charge on any atom is 0.147 e. The fourth-order valence-electron chi connectivity index (χ4n) is 2.08. The van der Waals surface area contributed by atoms with Crippen LogP contribution >= 0.6 is 0 Å². The molecule has 2 rings (SSSR count). The minimum absolute atomic E-state index is 0.0859. The van der Waals surface area contributed by atoms with E-state index in [0.717, 1.165) is 11.3 Å².